The van der Waals surface area contributed by atoms with Crippen LogP contribution in [0.3, 0.4) is 0 Å². The van der Waals surface area contributed by atoms with Crippen molar-refractivity contribution in [3.8, 4) is 22.3 Å². The second-order valence-corrected chi connectivity index (χ2v) is 19.6. The summed E-state index contributed by atoms with van der Waals surface area (Å²) >= 11 is 0. The summed E-state index contributed by atoms with van der Waals surface area (Å²) in [5.41, 5.74) is 17.7. The van der Waals surface area contributed by atoms with Crippen molar-refractivity contribution >= 4 is 39.0 Å². The van der Waals surface area contributed by atoms with E-state index in [0.717, 1.165) is 57.7 Å². The third-order valence-corrected chi connectivity index (χ3v) is 15.7. The van der Waals surface area contributed by atoms with Gasteiger partial charge in [-0.1, -0.05) is 113 Å². The van der Waals surface area contributed by atoms with Gasteiger partial charge in [-0.3, -0.25) is 0 Å². The molecule has 6 aliphatic rings. The third kappa shape index (κ3) is 4.45. The Balaban J connectivity index is 1.04. The van der Waals surface area contributed by atoms with E-state index in [-0.39, 0.29) is 16.2 Å². The lowest BCUT2D eigenvalue weighted by Gasteiger charge is -2.61. The smallest absolute Gasteiger partial charge is 0.135 e. The fourth-order valence-corrected chi connectivity index (χ4v) is 13.4. The Morgan fingerprint density at radius 2 is 1.12 bits per heavy atom. The molecule has 2 nitrogen and oxygen atoms in total. The van der Waals surface area contributed by atoms with E-state index in [1.54, 1.807) is 11.1 Å². The Labute approximate surface area is 331 Å². The number of benzene rings is 6. The van der Waals surface area contributed by atoms with Gasteiger partial charge in [-0.2, -0.15) is 0 Å². The zero-order chi connectivity index (χ0) is 37.6. The Morgan fingerprint density at radius 3 is 1.93 bits per heavy atom. The third-order valence-electron chi connectivity index (χ3n) is 15.7. The predicted molar refractivity (Wildman–Crippen MR) is 232 cm³/mol. The summed E-state index contributed by atoms with van der Waals surface area (Å²) in [6.07, 6.45) is 9.41. The first-order valence-electron chi connectivity index (χ1n) is 21.4. The molecule has 1 aromatic heterocycles. The number of hydrogen-bond acceptors (Lipinski definition) is 2. The van der Waals surface area contributed by atoms with E-state index in [0.29, 0.717) is 0 Å². The molecule has 4 saturated carbocycles. The molecule has 4 fully saturated rings. The van der Waals surface area contributed by atoms with Crippen LogP contribution >= 0.6 is 0 Å². The van der Waals surface area contributed by atoms with Crippen molar-refractivity contribution in [3.05, 3.63) is 150 Å². The maximum Gasteiger partial charge on any atom is 0.135 e. The minimum atomic E-state index is 0.0403. The first kappa shape index (κ1) is 33.1. The number of anilines is 3. The van der Waals surface area contributed by atoms with Gasteiger partial charge >= 0.3 is 0 Å². The van der Waals surface area contributed by atoms with Gasteiger partial charge < -0.3 is 9.32 Å². The lowest BCUT2D eigenvalue weighted by molar-refractivity contribution is -0.0397. The zero-order valence-electron chi connectivity index (χ0n) is 33.2. The number of nitrogens with zero attached hydrogens (tertiary/aromatic N) is 1. The second-order valence-electron chi connectivity index (χ2n) is 19.6. The lowest BCUT2D eigenvalue weighted by Crippen LogP contribution is -2.55. The van der Waals surface area contributed by atoms with Crippen molar-refractivity contribution in [1.82, 2.24) is 0 Å². The normalized spacial score (nSPS) is 26.1. The molecule has 0 aliphatic heterocycles. The topological polar surface area (TPSA) is 16.4 Å². The van der Waals surface area contributed by atoms with Gasteiger partial charge in [0.25, 0.3) is 0 Å². The zero-order valence-corrected chi connectivity index (χ0v) is 33.2. The summed E-state index contributed by atoms with van der Waals surface area (Å²) < 4.78 is 6.34. The Hall–Kier alpha value is -5.08. The summed E-state index contributed by atoms with van der Waals surface area (Å²) in [6.45, 7) is 9.76. The molecule has 0 unspecified atom stereocenters. The second kappa shape index (κ2) is 11.5. The molecule has 6 aliphatic carbocycles. The fourth-order valence-electron chi connectivity index (χ4n) is 13.4. The summed E-state index contributed by atoms with van der Waals surface area (Å²) in [5, 5.41) is 2.32. The van der Waals surface area contributed by atoms with Crippen LogP contribution in [0.1, 0.15) is 94.9 Å². The number of para-hydroxylation sites is 1. The highest BCUT2D eigenvalue weighted by Gasteiger charge is 2.62. The van der Waals surface area contributed by atoms with Crippen LogP contribution in [-0.4, -0.2) is 0 Å². The van der Waals surface area contributed by atoms with Gasteiger partial charge in [0.05, 0.1) is 5.69 Å². The van der Waals surface area contributed by atoms with E-state index in [2.05, 4.69) is 160 Å². The van der Waals surface area contributed by atoms with Crippen LogP contribution < -0.4 is 4.90 Å². The van der Waals surface area contributed by atoms with Gasteiger partial charge in [-0.25, -0.2) is 0 Å². The number of hydrogen-bond donors (Lipinski definition) is 0. The van der Waals surface area contributed by atoms with Crippen LogP contribution in [0.5, 0.6) is 0 Å². The maximum absolute atomic E-state index is 6.34. The molecule has 0 atom stereocenters. The fraction of sp³-hybridized carbons (Fsp3) is 0.333. The van der Waals surface area contributed by atoms with Crippen LogP contribution in [0.15, 0.2) is 132 Å². The van der Waals surface area contributed by atoms with E-state index in [1.165, 1.54) is 83.3 Å². The van der Waals surface area contributed by atoms with Gasteiger partial charge in [-0.15, -0.1) is 0 Å². The molecule has 0 N–H and O–H groups in total. The molecule has 278 valence electrons. The highest BCUT2D eigenvalue weighted by molar-refractivity contribution is 6.06. The Kier molecular flexibility index (Phi) is 6.80. The van der Waals surface area contributed by atoms with Crippen molar-refractivity contribution in [3.63, 3.8) is 0 Å². The van der Waals surface area contributed by atoms with Crippen molar-refractivity contribution in [1.29, 1.82) is 0 Å². The van der Waals surface area contributed by atoms with E-state index in [4.69, 9.17) is 4.42 Å². The molecule has 2 heteroatoms. The molecular weight excluding hydrogens is 679 g/mol. The van der Waals surface area contributed by atoms with Crippen LogP contribution in [0.25, 0.3) is 44.2 Å². The van der Waals surface area contributed by atoms with E-state index >= 15 is 0 Å². The summed E-state index contributed by atoms with van der Waals surface area (Å²) in [5.74, 6) is 3.33. The van der Waals surface area contributed by atoms with E-state index in [1.807, 2.05) is 0 Å². The molecule has 13 rings (SSSR count). The van der Waals surface area contributed by atoms with Gasteiger partial charge in [0.15, 0.2) is 0 Å². The molecule has 4 bridgehead atoms. The Bertz CT molecular complexity index is 2700. The monoisotopic (exact) mass is 729 g/mol. The molecule has 7 aromatic rings. The quantitative estimate of drug-likeness (QED) is 0.179. The predicted octanol–water partition coefficient (Wildman–Crippen LogP) is 14.8. The molecule has 6 aromatic carbocycles. The van der Waals surface area contributed by atoms with Crippen LogP contribution in [0, 0.1) is 23.7 Å². The molecule has 0 radical (unpaired) electrons. The van der Waals surface area contributed by atoms with Crippen molar-refractivity contribution in [2.24, 2.45) is 23.7 Å². The van der Waals surface area contributed by atoms with Gasteiger partial charge in [0.2, 0.25) is 0 Å². The summed E-state index contributed by atoms with van der Waals surface area (Å²) in [7, 11) is 0. The Morgan fingerprint density at radius 1 is 0.500 bits per heavy atom. The van der Waals surface area contributed by atoms with E-state index in [9.17, 15) is 0 Å². The molecule has 0 amide bonds. The van der Waals surface area contributed by atoms with Gasteiger partial charge in [0.1, 0.15) is 11.2 Å². The summed E-state index contributed by atoms with van der Waals surface area (Å²) in [6, 6.07) is 48.7. The molecule has 56 heavy (non-hydrogen) atoms. The highest BCUT2D eigenvalue weighted by atomic mass is 16.3. The van der Waals surface area contributed by atoms with Crippen molar-refractivity contribution < 1.29 is 4.42 Å². The summed E-state index contributed by atoms with van der Waals surface area (Å²) in [4.78, 5) is 2.54. The average Bonchev–Trinajstić information content (AvgIpc) is 3.73. The molecule has 1 spiro atoms. The van der Waals surface area contributed by atoms with Crippen molar-refractivity contribution in [2.75, 3.05) is 4.90 Å². The van der Waals surface area contributed by atoms with E-state index < -0.39 is 0 Å². The first-order chi connectivity index (χ1) is 27.2. The van der Waals surface area contributed by atoms with Crippen molar-refractivity contribution in [2.45, 2.75) is 88.9 Å². The standard InChI is InChI=1S/C54H51NO/c1-52(2)25-26-53(3,4)51-46(52)16-10-17-47(51)55(39-23-24-49-44(32-39)42-12-6-8-18-48(42)56-49)38-21-19-35(20-22-38)40-13-9-14-43-41-11-5-7-15-45(41)54(50(40)43)36-28-33-27-34(30-36)31-37(54)29-33/h5-24,32-34,36-37H,25-31H2,1-4H3. The first-order valence-corrected chi connectivity index (χ1v) is 21.4. The number of rotatable bonds is 4. The minimum absolute atomic E-state index is 0.0403. The maximum atomic E-state index is 6.34. The molecule has 0 saturated heterocycles. The number of furan rings is 1. The lowest BCUT2D eigenvalue weighted by atomic mass is 9.42. The van der Waals surface area contributed by atoms with Crippen LogP contribution in [0.4, 0.5) is 17.1 Å². The average molecular weight is 730 g/mol. The molecule has 1 heterocycles. The number of fused-ring (bicyclic) bond motifs is 7. The SMILES string of the molecule is CC1(C)CCC(C)(C)c2c(N(c3ccc(-c4cccc5c4C4(c6ccccc6-5)C5CC6CC(C5)CC4C6)cc3)c3ccc4oc5ccccc5c4c3)cccc21. The largest absolute Gasteiger partial charge is 0.456 e. The van der Waals surface area contributed by atoms with Crippen LogP contribution in [-0.2, 0) is 16.2 Å². The minimum Gasteiger partial charge on any atom is -0.456 e. The molecular formula is C54H51NO. The highest BCUT2D eigenvalue weighted by Crippen LogP contribution is 2.70. The van der Waals surface area contributed by atoms with Crippen LogP contribution in [0.2, 0.25) is 0 Å². The van der Waals surface area contributed by atoms with Gasteiger partial charge in [0, 0.05) is 27.6 Å². The van der Waals surface area contributed by atoms with Gasteiger partial charge in [-0.05, 0) is 166 Å².